The van der Waals surface area contributed by atoms with Crippen LogP contribution >= 0.6 is 11.6 Å². The van der Waals surface area contributed by atoms with E-state index in [9.17, 15) is 19.7 Å². The summed E-state index contributed by atoms with van der Waals surface area (Å²) in [4.78, 5) is 36.6. The molecule has 2 amide bonds. The second-order valence-corrected chi connectivity index (χ2v) is 6.31. The zero-order chi connectivity index (χ0) is 15.6. The Bertz CT molecular complexity index is 730. The third kappa shape index (κ3) is 1.61. The first-order valence-electron chi connectivity index (χ1n) is 6.99. The summed E-state index contributed by atoms with van der Waals surface area (Å²) in [5.41, 5.74) is 0.0610. The molecule has 1 aromatic carbocycles. The number of carbonyl (C=O) groups is 2. The van der Waals surface area contributed by atoms with E-state index in [1.165, 1.54) is 18.2 Å². The van der Waals surface area contributed by atoms with Gasteiger partial charge in [0.05, 0.1) is 27.5 Å². The highest BCUT2D eigenvalue weighted by Gasteiger charge is 2.59. The Kier molecular flexibility index (Phi) is 2.69. The predicted octanol–water partition coefficient (Wildman–Crippen LogP) is 2.56. The zero-order valence-corrected chi connectivity index (χ0v) is 12.1. The van der Waals surface area contributed by atoms with Gasteiger partial charge in [-0.1, -0.05) is 23.8 Å². The predicted molar refractivity (Wildman–Crippen MR) is 78.3 cm³/mol. The lowest BCUT2D eigenvalue weighted by Gasteiger charge is -2.18. The van der Waals surface area contributed by atoms with Gasteiger partial charge in [0.1, 0.15) is 0 Å². The number of amides is 2. The van der Waals surface area contributed by atoms with Gasteiger partial charge in [0, 0.05) is 12.1 Å². The number of nitro groups is 1. The zero-order valence-electron chi connectivity index (χ0n) is 11.3. The van der Waals surface area contributed by atoms with Gasteiger partial charge in [-0.15, -0.1) is 0 Å². The second kappa shape index (κ2) is 4.39. The van der Waals surface area contributed by atoms with Crippen molar-refractivity contribution < 1.29 is 14.5 Å². The molecular formula is C15H11ClN2O4. The highest BCUT2D eigenvalue weighted by Crippen LogP contribution is 2.53. The molecule has 1 saturated heterocycles. The lowest BCUT2D eigenvalue weighted by Crippen LogP contribution is -2.33. The Morgan fingerprint density at radius 3 is 2.23 bits per heavy atom. The van der Waals surface area contributed by atoms with Crippen molar-refractivity contribution in [3.63, 3.8) is 0 Å². The van der Waals surface area contributed by atoms with Crippen LogP contribution in [0.1, 0.15) is 6.42 Å². The molecule has 0 radical (unpaired) electrons. The van der Waals surface area contributed by atoms with E-state index in [1.54, 1.807) is 0 Å². The van der Waals surface area contributed by atoms with E-state index in [0.29, 0.717) is 0 Å². The summed E-state index contributed by atoms with van der Waals surface area (Å²) in [5.74, 6) is -0.880. The maximum absolute atomic E-state index is 12.6. The van der Waals surface area contributed by atoms with Crippen LogP contribution in [0.4, 0.5) is 11.4 Å². The number of hydrogen-bond donors (Lipinski definition) is 0. The van der Waals surface area contributed by atoms with Crippen molar-refractivity contribution in [3.8, 4) is 0 Å². The Labute approximate surface area is 130 Å². The first kappa shape index (κ1) is 13.5. The first-order chi connectivity index (χ1) is 10.5. The van der Waals surface area contributed by atoms with Crippen molar-refractivity contribution >= 4 is 34.8 Å². The summed E-state index contributed by atoms with van der Waals surface area (Å²) in [6, 6.07) is 3.79. The van der Waals surface area contributed by atoms with Crippen LogP contribution in [0.25, 0.3) is 0 Å². The maximum Gasteiger partial charge on any atom is 0.271 e. The van der Waals surface area contributed by atoms with Gasteiger partial charge in [0.25, 0.3) is 5.69 Å². The molecule has 1 aromatic rings. The molecule has 112 valence electrons. The number of hydrogen-bond acceptors (Lipinski definition) is 4. The van der Waals surface area contributed by atoms with Gasteiger partial charge < -0.3 is 0 Å². The van der Waals surface area contributed by atoms with Crippen LogP contribution in [0.3, 0.4) is 0 Å². The van der Waals surface area contributed by atoms with Crippen LogP contribution in [0.5, 0.6) is 0 Å². The van der Waals surface area contributed by atoms with Crippen molar-refractivity contribution in [2.75, 3.05) is 4.90 Å². The molecule has 2 aliphatic carbocycles. The van der Waals surface area contributed by atoms with Gasteiger partial charge in [0.15, 0.2) is 0 Å². The molecule has 0 unspecified atom stereocenters. The Balaban J connectivity index is 1.74. The van der Waals surface area contributed by atoms with Crippen LogP contribution in [0, 0.1) is 33.8 Å². The third-order valence-electron chi connectivity index (χ3n) is 4.85. The summed E-state index contributed by atoms with van der Waals surface area (Å²) in [7, 11) is 0. The fraction of sp³-hybridized carbons (Fsp3) is 0.333. The van der Waals surface area contributed by atoms with Crippen molar-refractivity contribution in [2.24, 2.45) is 23.7 Å². The van der Waals surface area contributed by atoms with E-state index in [-0.39, 0.29) is 51.9 Å². The van der Waals surface area contributed by atoms with Gasteiger partial charge >= 0.3 is 0 Å². The summed E-state index contributed by atoms with van der Waals surface area (Å²) < 4.78 is 0. The average Bonchev–Trinajstić information content (AvgIpc) is 3.14. The van der Waals surface area contributed by atoms with E-state index in [4.69, 9.17) is 11.6 Å². The molecule has 3 aliphatic rings. The average molecular weight is 319 g/mol. The number of allylic oxidation sites excluding steroid dienone is 2. The summed E-state index contributed by atoms with van der Waals surface area (Å²) in [6.45, 7) is 0. The molecule has 7 heteroatoms. The van der Waals surface area contributed by atoms with Crippen LogP contribution in [0.2, 0.25) is 5.02 Å². The van der Waals surface area contributed by atoms with Crippen LogP contribution in [0.15, 0.2) is 30.4 Å². The minimum atomic E-state index is -0.567. The monoisotopic (exact) mass is 318 g/mol. The van der Waals surface area contributed by atoms with E-state index in [0.717, 1.165) is 11.3 Å². The Morgan fingerprint density at radius 1 is 1.14 bits per heavy atom. The highest BCUT2D eigenvalue weighted by atomic mass is 35.5. The molecule has 0 N–H and O–H groups in total. The largest absolute Gasteiger partial charge is 0.274 e. The molecule has 4 rings (SSSR count). The molecule has 2 fully saturated rings. The molecule has 0 aromatic heterocycles. The molecule has 0 spiro atoms. The molecule has 1 heterocycles. The number of nitrogens with zero attached hydrogens (tertiary/aromatic N) is 2. The quantitative estimate of drug-likeness (QED) is 0.363. The van der Waals surface area contributed by atoms with Crippen molar-refractivity contribution in [3.05, 3.63) is 45.5 Å². The number of anilines is 1. The van der Waals surface area contributed by atoms with Gasteiger partial charge in [-0.25, -0.2) is 4.90 Å². The van der Waals surface area contributed by atoms with E-state index in [2.05, 4.69) is 0 Å². The lowest BCUT2D eigenvalue weighted by molar-refractivity contribution is -0.384. The number of carbonyl (C=O) groups excluding carboxylic acids is 2. The van der Waals surface area contributed by atoms with Crippen LogP contribution in [-0.2, 0) is 9.59 Å². The molecule has 2 bridgehead atoms. The van der Waals surface area contributed by atoms with Crippen LogP contribution in [-0.4, -0.2) is 16.7 Å². The fourth-order valence-corrected chi connectivity index (χ4v) is 4.19. The van der Waals surface area contributed by atoms with Gasteiger partial charge in [0.2, 0.25) is 11.8 Å². The van der Waals surface area contributed by atoms with E-state index >= 15 is 0 Å². The van der Waals surface area contributed by atoms with E-state index < -0.39 is 4.92 Å². The number of halogens is 1. The topological polar surface area (TPSA) is 80.5 Å². The minimum absolute atomic E-state index is 0.0381. The molecule has 1 saturated carbocycles. The van der Waals surface area contributed by atoms with Crippen molar-refractivity contribution in [1.29, 1.82) is 0 Å². The fourth-order valence-electron chi connectivity index (χ4n) is 3.93. The molecule has 4 atom stereocenters. The minimum Gasteiger partial charge on any atom is -0.274 e. The smallest absolute Gasteiger partial charge is 0.271 e. The third-order valence-corrected chi connectivity index (χ3v) is 5.16. The summed E-state index contributed by atoms with van der Waals surface area (Å²) in [6.07, 6.45) is 4.88. The van der Waals surface area contributed by atoms with Gasteiger partial charge in [-0.2, -0.15) is 0 Å². The number of imide groups is 1. The number of non-ortho nitro benzene ring substituents is 1. The van der Waals surface area contributed by atoms with Crippen LogP contribution < -0.4 is 4.90 Å². The van der Waals surface area contributed by atoms with Gasteiger partial charge in [-0.3, -0.25) is 19.7 Å². The molecule has 6 nitrogen and oxygen atoms in total. The van der Waals surface area contributed by atoms with Gasteiger partial charge in [-0.05, 0) is 24.3 Å². The summed E-state index contributed by atoms with van der Waals surface area (Å²) in [5, 5.41) is 10.8. The second-order valence-electron chi connectivity index (χ2n) is 5.90. The maximum atomic E-state index is 12.6. The lowest BCUT2D eigenvalue weighted by atomic mass is 9.85. The molecule has 22 heavy (non-hydrogen) atoms. The number of nitro benzene ring substituents is 1. The van der Waals surface area contributed by atoms with Crippen molar-refractivity contribution in [1.82, 2.24) is 0 Å². The first-order valence-corrected chi connectivity index (χ1v) is 7.37. The summed E-state index contributed by atoms with van der Waals surface area (Å²) >= 11 is 6.06. The van der Waals surface area contributed by atoms with Crippen molar-refractivity contribution in [2.45, 2.75) is 6.42 Å². The SMILES string of the molecule is O=C1[C@@H]2[C@@H](C(=O)N1c1ccc([N+](=O)[O-])cc1Cl)[C@H]1C=C[C@H]2C1. The number of rotatable bonds is 2. The molecular weight excluding hydrogens is 308 g/mol. The highest BCUT2D eigenvalue weighted by molar-refractivity contribution is 6.36. The normalized spacial score (nSPS) is 32.0. The molecule has 1 aliphatic heterocycles. The number of fused-ring (bicyclic) bond motifs is 5. The standard InChI is InChI=1S/C15H11ClN2O4/c16-10-6-9(18(21)22)3-4-11(10)17-14(19)12-7-1-2-8(5-7)13(12)15(17)20/h1-4,6-8,12-13H,5H2/t7-,8-,12-,13-/m0/s1. The Morgan fingerprint density at radius 2 is 1.73 bits per heavy atom. The Hall–Kier alpha value is -2.21. The van der Waals surface area contributed by atoms with E-state index in [1.807, 2.05) is 12.2 Å². The number of benzene rings is 1.